The van der Waals surface area contributed by atoms with Crippen molar-refractivity contribution in [3.8, 4) is 0 Å². The Bertz CT molecular complexity index is 529. The molecule has 0 bridgehead atoms. The van der Waals surface area contributed by atoms with Crippen LogP contribution in [0, 0.1) is 0 Å². The van der Waals surface area contributed by atoms with Gasteiger partial charge in [0, 0.05) is 69.7 Å². The Morgan fingerprint density at radius 3 is 2.12 bits per heavy atom. The Morgan fingerprint density at radius 1 is 0.960 bits per heavy atom. The molecular formula is C20H37N5. The summed E-state index contributed by atoms with van der Waals surface area (Å²) in [5, 5.41) is 4.53. The Kier molecular flexibility index (Phi) is 5.86. The summed E-state index contributed by atoms with van der Waals surface area (Å²) in [5.74, 6) is 0. The molecule has 5 nitrogen and oxygen atoms in total. The van der Waals surface area contributed by atoms with E-state index in [4.69, 9.17) is 0 Å². The van der Waals surface area contributed by atoms with Gasteiger partial charge in [-0.15, -0.1) is 0 Å². The van der Waals surface area contributed by atoms with E-state index in [0.29, 0.717) is 0 Å². The maximum atomic E-state index is 4.53. The van der Waals surface area contributed by atoms with Gasteiger partial charge in [-0.1, -0.05) is 0 Å². The molecule has 25 heavy (non-hydrogen) atoms. The quantitative estimate of drug-likeness (QED) is 0.818. The van der Waals surface area contributed by atoms with Crippen molar-refractivity contribution in [1.82, 2.24) is 24.5 Å². The van der Waals surface area contributed by atoms with E-state index < -0.39 is 0 Å². The topological polar surface area (TPSA) is 27.5 Å². The second-order valence-corrected chi connectivity index (χ2v) is 9.09. The monoisotopic (exact) mass is 347 g/mol. The van der Waals surface area contributed by atoms with Crippen LogP contribution in [0.4, 0.5) is 0 Å². The molecule has 2 saturated heterocycles. The van der Waals surface area contributed by atoms with Gasteiger partial charge in [-0.25, -0.2) is 0 Å². The van der Waals surface area contributed by atoms with Crippen LogP contribution in [0.15, 0.2) is 12.4 Å². The maximum absolute atomic E-state index is 4.53. The zero-order valence-corrected chi connectivity index (χ0v) is 16.9. The van der Waals surface area contributed by atoms with E-state index in [2.05, 4.69) is 65.3 Å². The minimum absolute atomic E-state index is 0.0702. The van der Waals surface area contributed by atoms with Gasteiger partial charge in [0.15, 0.2) is 0 Å². The van der Waals surface area contributed by atoms with Crippen LogP contribution in [-0.4, -0.2) is 75.8 Å². The summed E-state index contributed by atoms with van der Waals surface area (Å²) in [5.41, 5.74) is 1.41. The molecule has 2 aliphatic rings. The zero-order valence-electron chi connectivity index (χ0n) is 16.9. The molecule has 2 fully saturated rings. The smallest absolute Gasteiger partial charge is 0.0543 e. The molecule has 3 heterocycles. The van der Waals surface area contributed by atoms with Crippen LogP contribution in [-0.2, 0) is 12.1 Å². The van der Waals surface area contributed by atoms with Crippen LogP contribution < -0.4 is 0 Å². The van der Waals surface area contributed by atoms with Crippen LogP contribution in [0.2, 0.25) is 0 Å². The van der Waals surface area contributed by atoms with E-state index in [1.54, 1.807) is 0 Å². The lowest BCUT2D eigenvalue weighted by molar-refractivity contribution is 0.106. The zero-order chi connectivity index (χ0) is 18.0. The third kappa shape index (κ3) is 4.83. The maximum Gasteiger partial charge on any atom is 0.0543 e. The van der Waals surface area contributed by atoms with Gasteiger partial charge in [0.1, 0.15) is 0 Å². The molecule has 0 saturated carbocycles. The van der Waals surface area contributed by atoms with Crippen molar-refractivity contribution >= 4 is 0 Å². The molecule has 2 unspecified atom stereocenters. The van der Waals surface area contributed by atoms with Gasteiger partial charge in [0.2, 0.25) is 0 Å². The molecule has 1 aromatic heterocycles. The number of nitrogens with zero attached hydrogens (tertiary/aromatic N) is 5. The largest absolute Gasteiger partial charge is 0.300 e. The van der Waals surface area contributed by atoms with E-state index in [-0.39, 0.29) is 5.54 Å². The predicted octanol–water partition coefficient (Wildman–Crippen LogP) is 2.63. The first-order valence-electron chi connectivity index (χ1n) is 10.1. The highest BCUT2D eigenvalue weighted by molar-refractivity contribution is 5.05. The first-order valence-corrected chi connectivity index (χ1v) is 10.1. The molecule has 0 aromatic carbocycles. The summed E-state index contributed by atoms with van der Waals surface area (Å²) in [6, 6.07) is 1.55. The van der Waals surface area contributed by atoms with Gasteiger partial charge in [-0.2, -0.15) is 5.10 Å². The number of aromatic nitrogens is 2. The fraction of sp³-hybridized carbons (Fsp3) is 0.850. The van der Waals surface area contributed by atoms with Crippen LogP contribution in [0.1, 0.15) is 53.0 Å². The Labute approximate surface area is 154 Å². The van der Waals surface area contributed by atoms with E-state index in [0.717, 1.165) is 18.6 Å². The van der Waals surface area contributed by atoms with Crippen molar-refractivity contribution in [3.05, 3.63) is 18.0 Å². The van der Waals surface area contributed by atoms with Crippen LogP contribution in [0.5, 0.6) is 0 Å². The van der Waals surface area contributed by atoms with Crippen molar-refractivity contribution in [2.75, 3.05) is 39.3 Å². The summed E-state index contributed by atoms with van der Waals surface area (Å²) in [4.78, 5) is 7.92. The molecule has 3 rings (SSSR count). The molecule has 0 radical (unpaired) electrons. The SMILES string of the molecule is CC1CCC(C)N1CCN1CCN(Cc2cnn(C(C)(C)C)c2)CC1. The number of rotatable bonds is 5. The van der Waals surface area contributed by atoms with Crippen molar-refractivity contribution in [3.63, 3.8) is 0 Å². The summed E-state index contributed by atoms with van der Waals surface area (Å²) < 4.78 is 2.08. The Hall–Kier alpha value is -0.910. The van der Waals surface area contributed by atoms with Gasteiger partial charge in [-0.3, -0.25) is 19.4 Å². The molecule has 0 amide bonds. The molecule has 0 spiro atoms. The summed E-state index contributed by atoms with van der Waals surface area (Å²) in [6.45, 7) is 19.6. The highest BCUT2D eigenvalue weighted by Gasteiger charge is 2.27. The minimum atomic E-state index is 0.0702. The number of hydrogen-bond donors (Lipinski definition) is 0. The number of piperazine rings is 1. The van der Waals surface area contributed by atoms with E-state index in [1.165, 1.54) is 57.7 Å². The average molecular weight is 348 g/mol. The third-order valence-corrected chi connectivity index (χ3v) is 6.00. The van der Waals surface area contributed by atoms with E-state index in [1.807, 2.05) is 6.20 Å². The fourth-order valence-corrected chi connectivity index (χ4v) is 4.18. The van der Waals surface area contributed by atoms with Gasteiger partial charge in [-0.05, 0) is 47.5 Å². The lowest BCUT2D eigenvalue weighted by Crippen LogP contribution is -2.48. The first kappa shape index (κ1) is 18.9. The standard InChI is InChI=1S/C20H37N5/c1-17-6-7-18(2)24(17)13-12-22-8-10-23(11-9-22)15-19-14-21-25(16-19)20(3,4)5/h14,16-18H,6-13,15H2,1-5H3. The number of likely N-dealkylation sites (tertiary alicyclic amines) is 1. The Balaban J connectivity index is 1.41. The van der Waals surface area contributed by atoms with Gasteiger partial charge < -0.3 is 0 Å². The molecule has 0 aliphatic carbocycles. The van der Waals surface area contributed by atoms with Gasteiger partial charge >= 0.3 is 0 Å². The molecule has 2 aliphatic heterocycles. The summed E-state index contributed by atoms with van der Waals surface area (Å²) in [7, 11) is 0. The predicted molar refractivity (Wildman–Crippen MR) is 104 cm³/mol. The summed E-state index contributed by atoms with van der Waals surface area (Å²) >= 11 is 0. The van der Waals surface area contributed by atoms with Crippen LogP contribution in [0.25, 0.3) is 0 Å². The molecular weight excluding hydrogens is 310 g/mol. The van der Waals surface area contributed by atoms with E-state index >= 15 is 0 Å². The van der Waals surface area contributed by atoms with E-state index in [9.17, 15) is 0 Å². The second kappa shape index (κ2) is 7.77. The van der Waals surface area contributed by atoms with Crippen molar-refractivity contribution < 1.29 is 0 Å². The van der Waals surface area contributed by atoms with Crippen LogP contribution >= 0.6 is 0 Å². The second-order valence-electron chi connectivity index (χ2n) is 9.09. The first-order chi connectivity index (χ1) is 11.8. The lowest BCUT2D eigenvalue weighted by atomic mass is 10.1. The third-order valence-electron chi connectivity index (χ3n) is 6.00. The molecule has 142 valence electrons. The van der Waals surface area contributed by atoms with Gasteiger partial charge in [0.05, 0.1) is 11.7 Å². The Morgan fingerprint density at radius 2 is 1.56 bits per heavy atom. The fourth-order valence-electron chi connectivity index (χ4n) is 4.18. The lowest BCUT2D eigenvalue weighted by Gasteiger charge is -2.36. The molecule has 5 heteroatoms. The van der Waals surface area contributed by atoms with Crippen molar-refractivity contribution in [1.29, 1.82) is 0 Å². The van der Waals surface area contributed by atoms with Gasteiger partial charge in [0.25, 0.3) is 0 Å². The van der Waals surface area contributed by atoms with Crippen molar-refractivity contribution in [2.24, 2.45) is 0 Å². The highest BCUT2D eigenvalue weighted by Crippen LogP contribution is 2.23. The summed E-state index contributed by atoms with van der Waals surface area (Å²) in [6.07, 6.45) is 6.99. The normalized spacial score (nSPS) is 27.2. The highest BCUT2D eigenvalue weighted by atomic mass is 15.3. The number of hydrogen-bond acceptors (Lipinski definition) is 4. The van der Waals surface area contributed by atoms with Crippen molar-refractivity contribution in [2.45, 2.75) is 71.6 Å². The average Bonchev–Trinajstić information content (AvgIpc) is 3.14. The molecule has 0 N–H and O–H groups in total. The molecule has 2 atom stereocenters. The minimum Gasteiger partial charge on any atom is -0.300 e. The van der Waals surface area contributed by atoms with Crippen LogP contribution in [0.3, 0.4) is 0 Å². The molecule has 1 aromatic rings.